The highest BCUT2D eigenvalue weighted by Gasteiger charge is 2.19. The molecule has 8 nitrogen and oxygen atoms in total. The van der Waals surface area contributed by atoms with Crippen molar-refractivity contribution < 1.29 is 19.6 Å². The van der Waals surface area contributed by atoms with Gasteiger partial charge in [0.15, 0.2) is 6.61 Å². The van der Waals surface area contributed by atoms with Gasteiger partial charge in [0.2, 0.25) is 5.75 Å². The Labute approximate surface area is 156 Å². The number of nitro benzene ring substituents is 1. The third kappa shape index (κ3) is 5.27. The standard InChI is InChI=1S/C19H21N3O5/c1-19(2,3)14-8-4-5-10-16(14)27-12-17(23)21-20-11-13-7-6-9-15(18(13)24)22(25)26/h4-11,24H,12H2,1-3H3,(H,21,23). The normalized spacial score (nSPS) is 11.4. The van der Waals surface area contributed by atoms with Gasteiger partial charge in [0.1, 0.15) is 5.75 Å². The summed E-state index contributed by atoms with van der Waals surface area (Å²) in [6.07, 6.45) is 1.13. The maximum Gasteiger partial charge on any atom is 0.311 e. The van der Waals surface area contributed by atoms with E-state index in [0.29, 0.717) is 5.75 Å². The maximum absolute atomic E-state index is 11.9. The van der Waals surface area contributed by atoms with Crippen LogP contribution < -0.4 is 10.2 Å². The van der Waals surface area contributed by atoms with Crippen LogP contribution in [0.15, 0.2) is 47.6 Å². The van der Waals surface area contributed by atoms with Gasteiger partial charge in [0.05, 0.1) is 11.1 Å². The van der Waals surface area contributed by atoms with Crippen molar-refractivity contribution in [1.29, 1.82) is 0 Å². The highest BCUT2D eigenvalue weighted by molar-refractivity contribution is 5.87. The summed E-state index contributed by atoms with van der Waals surface area (Å²) in [4.78, 5) is 22.0. The van der Waals surface area contributed by atoms with Crippen LogP contribution in [0.4, 0.5) is 5.69 Å². The molecule has 2 N–H and O–H groups in total. The Morgan fingerprint density at radius 3 is 2.63 bits per heavy atom. The lowest BCUT2D eigenvalue weighted by Crippen LogP contribution is -2.25. The molecule has 0 saturated heterocycles. The Morgan fingerprint density at radius 2 is 1.96 bits per heavy atom. The molecule has 0 atom stereocenters. The summed E-state index contributed by atoms with van der Waals surface area (Å²) in [7, 11) is 0. The summed E-state index contributed by atoms with van der Waals surface area (Å²) >= 11 is 0. The van der Waals surface area contributed by atoms with Crippen molar-refractivity contribution in [3.05, 3.63) is 63.7 Å². The fourth-order valence-corrected chi connectivity index (χ4v) is 2.36. The number of hydrazone groups is 1. The number of ether oxygens (including phenoxy) is 1. The second-order valence-electron chi connectivity index (χ2n) is 6.80. The van der Waals surface area contributed by atoms with Crippen molar-refractivity contribution in [3.8, 4) is 11.5 Å². The van der Waals surface area contributed by atoms with E-state index in [4.69, 9.17) is 4.74 Å². The molecule has 0 aromatic heterocycles. The zero-order chi connectivity index (χ0) is 20.0. The number of hydrogen-bond acceptors (Lipinski definition) is 6. The molecule has 0 aliphatic heterocycles. The zero-order valence-electron chi connectivity index (χ0n) is 15.3. The monoisotopic (exact) mass is 371 g/mol. The van der Waals surface area contributed by atoms with Crippen LogP contribution in [0.3, 0.4) is 0 Å². The lowest BCUT2D eigenvalue weighted by atomic mass is 9.86. The van der Waals surface area contributed by atoms with Gasteiger partial charge in [0, 0.05) is 11.6 Å². The fourth-order valence-electron chi connectivity index (χ4n) is 2.36. The molecule has 0 aliphatic rings. The minimum Gasteiger partial charge on any atom is -0.502 e. The van der Waals surface area contributed by atoms with E-state index >= 15 is 0 Å². The first-order valence-corrected chi connectivity index (χ1v) is 8.20. The van der Waals surface area contributed by atoms with E-state index in [1.54, 1.807) is 6.07 Å². The van der Waals surface area contributed by atoms with Gasteiger partial charge in [0.25, 0.3) is 5.91 Å². The average molecular weight is 371 g/mol. The number of carbonyl (C=O) groups excluding carboxylic acids is 1. The number of phenols is 1. The second kappa shape index (κ2) is 8.31. The molecule has 142 valence electrons. The number of para-hydroxylation sites is 2. The van der Waals surface area contributed by atoms with E-state index in [2.05, 4.69) is 10.5 Å². The third-order valence-electron chi connectivity index (χ3n) is 3.69. The molecule has 2 rings (SSSR count). The molecule has 0 spiro atoms. The van der Waals surface area contributed by atoms with Crippen molar-refractivity contribution in [2.24, 2.45) is 5.10 Å². The number of nitrogens with zero attached hydrogens (tertiary/aromatic N) is 2. The molecule has 1 amide bonds. The molecule has 0 bridgehead atoms. The molecule has 2 aromatic carbocycles. The van der Waals surface area contributed by atoms with E-state index in [1.807, 2.05) is 39.0 Å². The van der Waals surface area contributed by atoms with Crippen molar-refractivity contribution in [1.82, 2.24) is 5.43 Å². The third-order valence-corrected chi connectivity index (χ3v) is 3.69. The fraction of sp³-hybridized carbons (Fsp3) is 0.263. The van der Waals surface area contributed by atoms with Gasteiger partial charge in [-0.25, -0.2) is 5.43 Å². The SMILES string of the molecule is CC(C)(C)c1ccccc1OCC(=O)NN=Cc1cccc([N+](=O)[O-])c1O. The van der Waals surface area contributed by atoms with Crippen LogP contribution in [0.1, 0.15) is 31.9 Å². The highest BCUT2D eigenvalue weighted by atomic mass is 16.6. The predicted molar refractivity (Wildman–Crippen MR) is 101 cm³/mol. The summed E-state index contributed by atoms with van der Waals surface area (Å²) in [5.74, 6) is -0.406. The zero-order valence-corrected chi connectivity index (χ0v) is 15.3. The number of aromatic hydroxyl groups is 1. The number of benzene rings is 2. The highest BCUT2D eigenvalue weighted by Crippen LogP contribution is 2.31. The van der Waals surface area contributed by atoms with Crippen molar-refractivity contribution in [2.45, 2.75) is 26.2 Å². The minimum atomic E-state index is -0.703. The van der Waals surface area contributed by atoms with Crippen LogP contribution in [-0.4, -0.2) is 28.8 Å². The van der Waals surface area contributed by atoms with Crippen LogP contribution in [0.5, 0.6) is 11.5 Å². The first kappa shape index (κ1) is 19.9. The smallest absolute Gasteiger partial charge is 0.311 e. The first-order valence-electron chi connectivity index (χ1n) is 8.20. The number of carbonyl (C=O) groups is 1. The van der Waals surface area contributed by atoms with Gasteiger partial charge >= 0.3 is 5.69 Å². The van der Waals surface area contributed by atoms with Gasteiger partial charge in [-0.05, 0) is 23.1 Å². The van der Waals surface area contributed by atoms with Crippen LogP contribution in [0.25, 0.3) is 0 Å². The Hall–Kier alpha value is -3.42. The van der Waals surface area contributed by atoms with Gasteiger partial charge in [-0.2, -0.15) is 5.10 Å². The number of nitro groups is 1. The summed E-state index contributed by atoms with van der Waals surface area (Å²) < 4.78 is 5.58. The summed E-state index contributed by atoms with van der Waals surface area (Å²) in [6.45, 7) is 5.90. The van der Waals surface area contributed by atoms with Crippen LogP contribution in [-0.2, 0) is 10.2 Å². The van der Waals surface area contributed by atoms with Crippen LogP contribution >= 0.6 is 0 Å². The quantitative estimate of drug-likeness (QED) is 0.460. The van der Waals surface area contributed by atoms with Gasteiger partial charge in [-0.15, -0.1) is 0 Å². The molecule has 0 fully saturated rings. The lowest BCUT2D eigenvalue weighted by Gasteiger charge is -2.22. The second-order valence-corrected chi connectivity index (χ2v) is 6.80. The summed E-state index contributed by atoms with van der Waals surface area (Å²) in [5, 5.41) is 24.3. The minimum absolute atomic E-state index is 0.114. The van der Waals surface area contributed by atoms with E-state index in [1.165, 1.54) is 18.2 Å². The number of rotatable bonds is 6. The number of amides is 1. The average Bonchev–Trinajstić information content (AvgIpc) is 2.60. The topological polar surface area (TPSA) is 114 Å². The Balaban J connectivity index is 1.97. The van der Waals surface area contributed by atoms with Crippen LogP contribution in [0.2, 0.25) is 0 Å². The summed E-state index contributed by atoms with van der Waals surface area (Å²) in [5.41, 5.74) is 2.78. The molecule has 0 heterocycles. The molecule has 27 heavy (non-hydrogen) atoms. The van der Waals surface area contributed by atoms with E-state index < -0.39 is 22.3 Å². The molecule has 0 unspecified atom stereocenters. The molecular weight excluding hydrogens is 350 g/mol. The molecule has 0 radical (unpaired) electrons. The molecule has 2 aromatic rings. The number of phenolic OH excluding ortho intramolecular Hbond substituents is 1. The van der Waals surface area contributed by atoms with E-state index in [0.717, 1.165) is 11.8 Å². The molecule has 0 aliphatic carbocycles. The maximum atomic E-state index is 11.9. The largest absolute Gasteiger partial charge is 0.502 e. The lowest BCUT2D eigenvalue weighted by molar-refractivity contribution is -0.385. The van der Waals surface area contributed by atoms with Gasteiger partial charge in [-0.1, -0.05) is 45.0 Å². The summed E-state index contributed by atoms with van der Waals surface area (Å²) in [6, 6.07) is 11.5. The van der Waals surface area contributed by atoms with E-state index in [9.17, 15) is 20.0 Å². The number of nitrogens with one attached hydrogen (secondary N) is 1. The Morgan fingerprint density at radius 1 is 1.26 bits per heavy atom. The molecule has 0 saturated carbocycles. The number of hydrogen-bond donors (Lipinski definition) is 2. The molecule has 8 heteroatoms. The van der Waals surface area contributed by atoms with Crippen LogP contribution in [0, 0.1) is 10.1 Å². The Bertz CT molecular complexity index is 872. The van der Waals surface area contributed by atoms with E-state index in [-0.39, 0.29) is 17.6 Å². The van der Waals surface area contributed by atoms with Gasteiger partial charge < -0.3 is 9.84 Å². The predicted octanol–water partition coefficient (Wildman–Crippen LogP) is 3.13. The first-order chi connectivity index (χ1) is 12.7. The van der Waals surface area contributed by atoms with Gasteiger partial charge in [-0.3, -0.25) is 14.9 Å². The van der Waals surface area contributed by atoms with Crippen molar-refractivity contribution in [3.63, 3.8) is 0 Å². The van der Waals surface area contributed by atoms with Crippen molar-refractivity contribution >= 4 is 17.8 Å². The molecular formula is C19H21N3O5. The van der Waals surface area contributed by atoms with Crippen molar-refractivity contribution in [2.75, 3.05) is 6.61 Å². The Kier molecular flexibility index (Phi) is 6.12.